The fraction of sp³-hybridized carbons (Fsp3) is 0.154. The van der Waals surface area contributed by atoms with Crippen LogP contribution in [-0.2, 0) is 6.54 Å². The summed E-state index contributed by atoms with van der Waals surface area (Å²) < 4.78 is 7.25. The summed E-state index contributed by atoms with van der Waals surface area (Å²) in [5, 5.41) is 0. The van der Waals surface area contributed by atoms with Crippen LogP contribution >= 0.6 is 11.3 Å². The van der Waals surface area contributed by atoms with Crippen LogP contribution in [0, 0.1) is 0 Å². The van der Waals surface area contributed by atoms with E-state index in [0.29, 0.717) is 6.54 Å². The Balaban J connectivity index is 2.18. The van der Waals surface area contributed by atoms with Crippen LogP contribution in [0.2, 0.25) is 0 Å². The SMILES string of the molecule is COc1ccc(-c2c(CN)sc3nccn23)cc1. The molecular formula is C13H13N3OS. The van der Waals surface area contributed by atoms with E-state index in [-0.39, 0.29) is 0 Å². The number of hydrogen-bond acceptors (Lipinski definition) is 4. The minimum Gasteiger partial charge on any atom is -0.497 e. The third-order valence-corrected chi connectivity index (χ3v) is 3.97. The Labute approximate surface area is 109 Å². The Kier molecular flexibility index (Phi) is 2.77. The van der Waals surface area contributed by atoms with Crippen molar-refractivity contribution in [3.05, 3.63) is 41.5 Å². The van der Waals surface area contributed by atoms with E-state index in [1.807, 2.05) is 30.5 Å². The number of methoxy groups -OCH3 is 1. The fourth-order valence-corrected chi connectivity index (χ4v) is 3.00. The molecular weight excluding hydrogens is 246 g/mol. The molecule has 0 unspecified atom stereocenters. The summed E-state index contributed by atoms with van der Waals surface area (Å²) in [6.07, 6.45) is 3.77. The lowest BCUT2D eigenvalue weighted by Gasteiger charge is -2.05. The molecule has 0 aliphatic rings. The first-order valence-corrected chi connectivity index (χ1v) is 6.44. The van der Waals surface area contributed by atoms with Gasteiger partial charge in [0.25, 0.3) is 0 Å². The van der Waals surface area contributed by atoms with Crippen molar-refractivity contribution in [3.8, 4) is 17.0 Å². The summed E-state index contributed by atoms with van der Waals surface area (Å²) in [6, 6.07) is 7.99. The van der Waals surface area contributed by atoms with Crippen LogP contribution < -0.4 is 10.5 Å². The molecule has 0 aliphatic heterocycles. The quantitative estimate of drug-likeness (QED) is 0.786. The van der Waals surface area contributed by atoms with Crippen molar-refractivity contribution < 1.29 is 4.74 Å². The Morgan fingerprint density at radius 3 is 2.78 bits per heavy atom. The van der Waals surface area contributed by atoms with Crippen molar-refractivity contribution in [1.29, 1.82) is 0 Å². The molecule has 0 aliphatic carbocycles. The molecule has 2 heterocycles. The predicted molar refractivity (Wildman–Crippen MR) is 72.9 cm³/mol. The van der Waals surface area contributed by atoms with E-state index in [1.54, 1.807) is 24.6 Å². The van der Waals surface area contributed by atoms with E-state index >= 15 is 0 Å². The highest BCUT2D eigenvalue weighted by Crippen LogP contribution is 2.31. The monoisotopic (exact) mass is 259 g/mol. The number of ether oxygens (including phenoxy) is 1. The largest absolute Gasteiger partial charge is 0.497 e. The molecule has 5 heteroatoms. The maximum atomic E-state index is 5.81. The number of imidazole rings is 1. The zero-order valence-corrected chi connectivity index (χ0v) is 10.8. The smallest absolute Gasteiger partial charge is 0.194 e. The number of rotatable bonds is 3. The highest BCUT2D eigenvalue weighted by atomic mass is 32.1. The van der Waals surface area contributed by atoms with Crippen molar-refractivity contribution in [3.63, 3.8) is 0 Å². The molecule has 0 atom stereocenters. The molecule has 92 valence electrons. The topological polar surface area (TPSA) is 52.5 Å². The van der Waals surface area contributed by atoms with E-state index in [4.69, 9.17) is 10.5 Å². The summed E-state index contributed by atoms with van der Waals surface area (Å²) in [4.78, 5) is 6.42. The molecule has 2 N–H and O–H groups in total. The summed E-state index contributed by atoms with van der Waals surface area (Å²) in [6.45, 7) is 0.523. The Morgan fingerprint density at radius 2 is 2.11 bits per heavy atom. The number of nitrogens with two attached hydrogens (primary N) is 1. The van der Waals surface area contributed by atoms with Gasteiger partial charge in [0, 0.05) is 23.8 Å². The van der Waals surface area contributed by atoms with Crippen LogP contribution in [0.3, 0.4) is 0 Å². The normalized spacial score (nSPS) is 11.0. The van der Waals surface area contributed by atoms with Crippen molar-refractivity contribution >= 4 is 16.3 Å². The van der Waals surface area contributed by atoms with Crippen LogP contribution in [0.1, 0.15) is 4.88 Å². The molecule has 0 saturated carbocycles. The summed E-state index contributed by atoms with van der Waals surface area (Å²) >= 11 is 1.63. The molecule has 0 spiro atoms. The van der Waals surface area contributed by atoms with Gasteiger partial charge in [-0.25, -0.2) is 4.98 Å². The van der Waals surface area contributed by atoms with E-state index in [9.17, 15) is 0 Å². The van der Waals surface area contributed by atoms with E-state index in [0.717, 1.165) is 26.8 Å². The van der Waals surface area contributed by atoms with Gasteiger partial charge in [0.15, 0.2) is 4.96 Å². The third-order valence-electron chi connectivity index (χ3n) is 2.88. The maximum absolute atomic E-state index is 5.81. The van der Waals surface area contributed by atoms with Gasteiger partial charge >= 0.3 is 0 Å². The average Bonchev–Trinajstić information content (AvgIpc) is 2.98. The Morgan fingerprint density at radius 1 is 1.33 bits per heavy atom. The molecule has 0 radical (unpaired) electrons. The predicted octanol–water partition coefficient (Wildman–Crippen LogP) is 2.53. The fourth-order valence-electron chi connectivity index (χ4n) is 2.02. The lowest BCUT2D eigenvalue weighted by molar-refractivity contribution is 0.415. The summed E-state index contributed by atoms with van der Waals surface area (Å²) in [5.41, 5.74) is 8.06. The van der Waals surface area contributed by atoms with Crippen LogP contribution in [-0.4, -0.2) is 16.5 Å². The van der Waals surface area contributed by atoms with Gasteiger partial charge in [-0.3, -0.25) is 4.40 Å². The molecule has 0 saturated heterocycles. The molecule has 3 rings (SSSR count). The maximum Gasteiger partial charge on any atom is 0.194 e. The van der Waals surface area contributed by atoms with Gasteiger partial charge in [-0.1, -0.05) is 11.3 Å². The molecule has 18 heavy (non-hydrogen) atoms. The Bertz CT molecular complexity index is 669. The van der Waals surface area contributed by atoms with Gasteiger partial charge in [-0.05, 0) is 29.8 Å². The lowest BCUT2D eigenvalue weighted by Crippen LogP contribution is -1.97. The molecule has 0 amide bonds. The van der Waals surface area contributed by atoms with Crippen LogP contribution in [0.25, 0.3) is 16.2 Å². The molecule has 4 nitrogen and oxygen atoms in total. The molecule has 3 aromatic rings. The van der Waals surface area contributed by atoms with Gasteiger partial charge in [-0.15, -0.1) is 0 Å². The molecule has 1 aromatic carbocycles. The number of fused-ring (bicyclic) bond motifs is 1. The number of thiazole rings is 1. The number of benzene rings is 1. The highest BCUT2D eigenvalue weighted by molar-refractivity contribution is 7.17. The van der Waals surface area contributed by atoms with E-state index in [2.05, 4.69) is 9.38 Å². The summed E-state index contributed by atoms with van der Waals surface area (Å²) in [5.74, 6) is 0.852. The van der Waals surface area contributed by atoms with Gasteiger partial charge < -0.3 is 10.5 Å². The minimum absolute atomic E-state index is 0.523. The zero-order valence-electron chi connectivity index (χ0n) is 9.96. The number of hydrogen-bond donors (Lipinski definition) is 1. The van der Waals surface area contributed by atoms with Gasteiger partial charge in [-0.2, -0.15) is 0 Å². The van der Waals surface area contributed by atoms with Gasteiger partial charge in [0.1, 0.15) is 5.75 Å². The first-order valence-electron chi connectivity index (χ1n) is 5.62. The van der Waals surface area contributed by atoms with Crippen LogP contribution in [0.5, 0.6) is 5.75 Å². The van der Waals surface area contributed by atoms with Gasteiger partial charge in [0.05, 0.1) is 12.8 Å². The van der Waals surface area contributed by atoms with Crippen molar-refractivity contribution in [2.24, 2.45) is 5.73 Å². The summed E-state index contributed by atoms with van der Waals surface area (Å²) in [7, 11) is 1.67. The van der Waals surface area contributed by atoms with Crippen LogP contribution in [0.4, 0.5) is 0 Å². The average molecular weight is 259 g/mol. The minimum atomic E-state index is 0.523. The van der Waals surface area contributed by atoms with Gasteiger partial charge in [0.2, 0.25) is 0 Å². The first kappa shape index (κ1) is 11.3. The van der Waals surface area contributed by atoms with E-state index < -0.39 is 0 Å². The Hall–Kier alpha value is -1.85. The molecule has 0 bridgehead atoms. The van der Waals surface area contributed by atoms with Crippen molar-refractivity contribution in [1.82, 2.24) is 9.38 Å². The number of nitrogens with zero attached hydrogens (tertiary/aromatic N) is 2. The zero-order chi connectivity index (χ0) is 12.5. The van der Waals surface area contributed by atoms with Crippen LogP contribution in [0.15, 0.2) is 36.7 Å². The second-order valence-corrected chi connectivity index (χ2v) is 4.95. The second kappa shape index (κ2) is 4.44. The molecule has 2 aromatic heterocycles. The van der Waals surface area contributed by atoms with Crippen molar-refractivity contribution in [2.45, 2.75) is 6.54 Å². The standard InChI is InChI=1S/C13H13N3OS/c1-17-10-4-2-9(3-5-10)12-11(8-14)18-13-15-6-7-16(12)13/h2-7H,8,14H2,1H3. The lowest BCUT2D eigenvalue weighted by atomic mass is 10.1. The van der Waals surface area contributed by atoms with Crippen molar-refractivity contribution in [2.75, 3.05) is 7.11 Å². The molecule has 0 fully saturated rings. The first-order chi connectivity index (χ1) is 8.83. The second-order valence-electron chi connectivity index (χ2n) is 3.89. The third kappa shape index (κ3) is 1.68. The van der Waals surface area contributed by atoms with E-state index in [1.165, 1.54) is 0 Å². The number of aromatic nitrogens is 2. The highest BCUT2D eigenvalue weighted by Gasteiger charge is 2.13.